The van der Waals surface area contributed by atoms with E-state index >= 15 is 0 Å². The standard InChI is InChI=1S/C27H27O3P/c1-14-10-17(4)22(18(5)11-14)26(28)24-16(3)8-9-21(31-30)25(24)27(29)23-19(6)12-15(2)13-20(23)7/h8-13H,1-7H3. The van der Waals surface area contributed by atoms with Crippen molar-refractivity contribution in [1.82, 2.24) is 0 Å². The molecule has 0 N–H and O–H groups in total. The Hall–Kier alpha value is -2.90. The highest BCUT2D eigenvalue weighted by molar-refractivity contribution is 7.34. The quantitative estimate of drug-likeness (QED) is 0.356. The van der Waals surface area contributed by atoms with E-state index in [1.165, 1.54) is 0 Å². The molecule has 0 aromatic heterocycles. The number of carbonyl (C=O) groups excluding carboxylic acids is 2. The Morgan fingerprint density at radius 1 is 0.548 bits per heavy atom. The molecule has 0 fully saturated rings. The average molecular weight is 430 g/mol. The van der Waals surface area contributed by atoms with E-state index < -0.39 is 0 Å². The molecule has 3 aromatic rings. The number of carbonyl (C=O) groups is 2. The molecule has 4 heteroatoms. The molecule has 31 heavy (non-hydrogen) atoms. The van der Waals surface area contributed by atoms with Crippen molar-refractivity contribution in [2.24, 2.45) is 0 Å². The first kappa shape index (κ1) is 22.8. The maximum Gasteiger partial charge on any atom is 0.195 e. The van der Waals surface area contributed by atoms with Gasteiger partial charge in [0.15, 0.2) is 20.0 Å². The largest absolute Gasteiger partial charge is 0.289 e. The number of benzene rings is 3. The molecule has 158 valence electrons. The van der Waals surface area contributed by atoms with Crippen LogP contribution in [0.4, 0.5) is 0 Å². The van der Waals surface area contributed by atoms with Crippen LogP contribution in [0.5, 0.6) is 0 Å². The number of aryl methyl sites for hydroxylation is 7. The van der Waals surface area contributed by atoms with Gasteiger partial charge in [-0.15, -0.1) is 0 Å². The molecular weight excluding hydrogens is 403 g/mol. The highest BCUT2D eigenvalue weighted by atomic mass is 31.1. The molecule has 0 unspecified atom stereocenters. The zero-order chi connectivity index (χ0) is 23.0. The Morgan fingerprint density at radius 2 is 0.935 bits per heavy atom. The molecule has 0 heterocycles. The molecule has 0 saturated carbocycles. The molecule has 3 rings (SSSR count). The lowest BCUT2D eigenvalue weighted by atomic mass is 9.85. The van der Waals surface area contributed by atoms with E-state index in [9.17, 15) is 14.2 Å². The van der Waals surface area contributed by atoms with Crippen molar-refractivity contribution < 1.29 is 14.2 Å². The SMILES string of the molecule is Cc1cc(C)c(C(=O)c2c(C)ccc(P=O)c2C(=O)c2c(C)cc(C)cc2C)c(C)c1. The lowest BCUT2D eigenvalue weighted by molar-refractivity contribution is 0.100. The van der Waals surface area contributed by atoms with E-state index in [0.717, 1.165) is 33.4 Å². The third kappa shape index (κ3) is 4.16. The van der Waals surface area contributed by atoms with E-state index in [0.29, 0.717) is 27.6 Å². The normalized spacial score (nSPS) is 11.1. The first-order valence-electron chi connectivity index (χ1n) is 10.3. The number of ketones is 2. The van der Waals surface area contributed by atoms with E-state index in [1.54, 1.807) is 12.1 Å². The Labute approximate surface area is 185 Å². The third-order valence-corrected chi connectivity index (χ3v) is 6.32. The van der Waals surface area contributed by atoms with Gasteiger partial charge in [0.1, 0.15) is 0 Å². The van der Waals surface area contributed by atoms with E-state index in [1.807, 2.05) is 72.7 Å². The predicted molar refractivity (Wildman–Crippen MR) is 127 cm³/mol. The van der Waals surface area contributed by atoms with Gasteiger partial charge in [-0.2, -0.15) is 0 Å². The van der Waals surface area contributed by atoms with E-state index in [-0.39, 0.29) is 25.6 Å². The lowest BCUT2D eigenvalue weighted by Crippen LogP contribution is -2.22. The minimum atomic E-state index is -0.287. The average Bonchev–Trinajstić information content (AvgIpc) is 2.65. The summed E-state index contributed by atoms with van der Waals surface area (Å²) in [6.07, 6.45) is 0. The second-order valence-corrected chi connectivity index (χ2v) is 9.11. The highest BCUT2D eigenvalue weighted by Crippen LogP contribution is 2.28. The van der Waals surface area contributed by atoms with E-state index in [2.05, 4.69) is 0 Å². The first-order chi connectivity index (χ1) is 14.6. The summed E-state index contributed by atoms with van der Waals surface area (Å²) < 4.78 is 12.0. The minimum Gasteiger partial charge on any atom is -0.289 e. The van der Waals surface area contributed by atoms with Crippen LogP contribution in [-0.4, -0.2) is 11.6 Å². The topological polar surface area (TPSA) is 51.2 Å². The fourth-order valence-corrected chi connectivity index (χ4v) is 5.06. The van der Waals surface area contributed by atoms with Crippen molar-refractivity contribution in [3.05, 3.63) is 97.6 Å². The summed E-state index contributed by atoms with van der Waals surface area (Å²) in [7, 11) is -0.287. The van der Waals surface area contributed by atoms with Crippen molar-refractivity contribution in [3.63, 3.8) is 0 Å². The smallest absolute Gasteiger partial charge is 0.195 e. The summed E-state index contributed by atoms with van der Waals surface area (Å²) in [4.78, 5) is 27.6. The van der Waals surface area contributed by atoms with Gasteiger partial charge >= 0.3 is 0 Å². The lowest BCUT2D eigenvalue weighted by Gasteiger charge is -2.18. The highest BCUT2D eigenvalue weighted by Gasteiger charge is 2.28. The summed E-state index contributed by atoms with van der Waals surface area (Å²) in [6, 6.07) is 11.3. The monoisotopic (exact) mass is 430 g/mol. The van der Waals surface area contributed by atoms with Gasteiger partial charge in [0.05, 0.1) is 5.30 Å². The predicted octanol–water partition coefficient (Wildman–Crippen LogP) is 6.22. The molecule has 0 aliphatic heterocycles. The summed E-state index contributed by atoms with van der Waals surface area (Å²) >= 11 is 0. The van der Waals surface area contributed by atoms with Gasteiger partial charge in [0.2, 0.25) is 0 Å². The van der Waals surface area contributed by atoms with Gasteiger partial charge in [-0.05, 0) is 82.3 Å². The second-order valence-electron chi connectivity index (χ2n) is 8.45. The van der Waals surface area contributed by atoms with Crippen LogP contribution in [0, 0.1) is 48.5 Å². The summed E-state index contributed by atoms with van der Waals surface area (Å²) in [5, 5.41) is 0.334. The van der Waals surface area contributed by atoms with Crippen LogP contribution in [-0.2, 0) is 4.57 Å². The van der Waals surface area contributed by atoms with Crippen molar-refractivity contribution in [2.45, 2.75) is 48.5 Å². The van der Waals surface area contributed by atoms with Gasteiger partial charge in [-0.1, -0.05) is 41.5 Å². The molecule has 0 spiro atoms. The third-order valence-electron chi connectivity index (χ3n) is 5.75. The summed E-state index contributed by atoms with van der Waals surface area (Å²) in [5.41, 5.74) is 8.00. The van der Waals surface area contributed by atoms with Crippen molar-refractivity contribution in [1.29, 1.82) is 0 Å². The van der Waals surface area contributed by atoms with Crippen LogP contribution >= 0.6 is 8.46 Å². The Bertz CT molecular complexity index is 1210. The molecule has 0 radical (unpaired) electrons. The van der Waals surface area contributed by atoms with Gasteiger partial charge in [-0.3, -0.25) is 14.2 Å². The Morgan fingerprint density at radius 3 is 1.32 bits per heavy atom. The zero-order valence-corrected chi connectivity index (χ0v) is 20.0. The number of rotatable bonds is 5. The van der Waals surface area contributed by atoms with Crippen LogP contribution in [0.15, 0.2) is 36.4 Å². The van der Waals surface area contributed by atoms with Gasteiger partial charge < -0.3 is 0 Å². The second kappa shape index (κ2) is 8.69. The van der Waals surface area contributed by atoms with Crippen molar-refractivity contribution in [3.8, 4) is 0 Å². The molecule has 0 saturated heterocycles. The zero-order valence-electron chi connectivity index (χ0n) is 19.1. The maximum absolute atomic E-state index is 13.8. The molecular formula is C27H27O3P. The summed E-state index contributed by atoms with van der Waals surface area (Å²) in [5.74, 6) is -0.466. The first-order valence-corrected chi connectivity index (χ1v) is 11.1. The maximum atomic E-state index is 13.8. The van der Waals surface area contributed by atoms with Gasteiger partial charge in [0, 0.05) is 22.3 Å². The van der Waals surface area contributed by atoms with Crippen molar-refractivity contribution >= 4 is 25.3 Å². The van der Waals surface area contributed by atoms with Crippen LogP contribution in [0.1, 0.15) is 70.8 Å². The van der Waals surface area contributed by atoms with E-state index in [4.69, 9.17) is 0 Å². The van der Waals surface area contributed by atoms with Crippen molar-refractivity contribution in [2.75, 3.05) is 0 Å². The minimum absolute atomic E-state index is 0.205. The van der Waals surface area contributed by atoms with Crippen LogP contribution in [0.3, 0.4) is 0 Å². The Balaban J connectivity index is 2.34. The fraction of sp³-hybridized carbons (Fsp3) is 0.259. The van der Waals surface area contributed by atoms with Crippen LogP contribution in [0.2, 0.25) is 0 Å². The Kier molecular flexibility index (Phi) is 6.38. The van der Waals surface area contributed by atoms with Crippen LogP contribution < -0.4 is 5.30 Å². The molecule has 0 aliphatic carbocycles. The molecule has 0 atom stereocenters. The van der Waals surface area contributed by atoms with Gasteiger partial charge in [0.25, 0.3) is 0 Å². The number of hydrogen-bond acceptors (Lipinski definition) is 3. The van der Waals surface area contributed by atoms with Gasteiger partial charge in [-0.25, -0.2) is 0 Å². The molecule has 0 bridgehead atoms. The van der Waals surface area contributed by atoms with Crippen LogP contribution in [0.25, 0.3) is 0 Å². The number of hydrogen-bond donors (Lipinski definition) is 0. The summed E-state index contributed by atoms with van der Waals surface area (Å²) in [6.45, 7) is 13.4. The molecule has 0 amide bonds. The molecule has 0 aliphatic rings. The molecule has 3 nitrogen and oxygen atoms in total. The molecule has 3 aromatic carbocycles. The fourth-order valence-electron chi connectivity index (χ4n) is 4.62.